The quantitative estimate of drug-likeness (QED) is 0.236. The molecule has 0 fully saturated rings. The molecule has 0 aliphatic heterocycles. The smallest absolute Gasteiger partial charge is 0.377 e. The number of hydrogen-bond donors (Lipinski definition) is 0. The first-order chi connectivity index (χ1) is 10.2. The number of nitro benzene ring substituents is 1. The van der Waals surface area contributed by atoms with E-state index in [1.165, 1.54) is 6.92 Å². The number of carbonyl (C=O) groups is 2. The number of hydrogen-bond acceptors (Lipinski definition) is 8. The molecule has 1 atom stereocenters. The predicted octanol–water partition coefficient (Wildman–Crippen LogP) is 0.821. The molecule has 0 aliphatic rings. The maximum absolute atomic E-state index is 11.9. The minimum Gasteiger partial charge on any atom is -0.460 e. The lowest BCUT2D eigenvalue weighted by Crippen LogP contribution is -2.32. The maximum atomic E-state index is 11.9. The molecule has 0 N–H and O–H groups in total. The Labute approximate surface area is 126 Å². The van der Waals surface area contributed by atoms with Gasteiger partial charge >= 0.3 is 5.97 Å². The van der Waals surface area contributed by atoms with E-state index in [9.17, 15) is 28.1 Å². The summed E-state index contributed by atoms with van der Waals surface area (Å²) in [4.78, 5) is 32.2. The Hall–Kier alpha value is -2.33. The lowest BCUT2D eigenvalue weighted by molar-refractivity contribution is -0.384. The predicted molar refractivity (Wildman–Crippen MR) is 72.5 cm³/mol. The average molecular weight is 331 g/mol. The highest BCUT2D eigenvalue weighted by Crippen LogP contribution is 2.19. The fraction of sp³-hybridized carbons (Fsp3) is 0.333. The molecule has 0 aliphatic carbocycles. The second-order valence-electron chi connectivity index (χ2n) is 4.03. The number of esters is 1. The molecule has 1 unspecified atom stereocenters. The van der Waals surface area contributed by atoms with E-state index in [2.05, 4.69) is 8.92 Å². The summed E-state index contributed by atoms with van der Waals surface area (Å²) in [7, 11) is -4.35. The minimum absolute atomic E-state index is 0.0353. The number of nitro groups is 1. The summed E-state index contributed by atoms with van der Waals surface area (Å²) in [5, 5.41) is 10.5. The fourth-order valence-corrected chi connectivity index (χ4v) is 2.44. The van der Waals surface area contributed by atoms with Crippen LogP contribution in [0.3, 0.4) is 0 Å². The Morgan fingerprint density at radius 3 is 2.27 bits per heavy atom. The summed E-state index contributed by atoms with van der Waals surface area (Å²) in [6.07, 6.45) is -1.57. The van der Waals surface area contributed by atoms with E-state index in [0.29, 0.717) is 0 Å². The van der Waals surface area contributed by atoms with Crippen LogP contribution in [0.15, 0.2) is 29.2 Å². The average Bonchev–Trinajstić information content (AvgIpc) is 2.46. The van der Waals surface area contributed by atoms with Crippen molar-refractivity contribution >= 4 is 27.6 Å². The van der Waals surface area contributed by atoms with Crippen molar-refractivity contribution in [3.63, 3.8) is 0 Å². The molecule has 1 aromatic rings. The third-order valence-corrected chi connectivity index (χ3v) is 3.84. The van der Waals surface area contributed by atoms with Gasteiger partial charge in [-0.1, -0.05) is 0 Å². The summed E-state index contributed by atoms with van der Waals surface area (Å²) in [6, 6.07) is 3.90. The first-order valence-electron chi connectivity index (χ1n) is 6.07. The van der Waals surface area contributed by atoms with Crippen LogP contribution in [0.2, 0.25) is 0 Å². The van der Waals surface area contributed by atoms with E-state index < -0.39 is 32.9 Å². The second-order valence-corrected chi connectivity index (χ2v) is 5.60. The number of benzene rings is 1. The summed E-state index contributed by atoms with van der Waals surface area (Å²) < 4.78 is 32.9. The van der Waals surface area contributed by atoms with Crippen molar-refractivity contribution in [3.05, 3.63) is 34.4 Å². The van der Waals surface area contributed by atoms with Crippen LogP contribution >= 0.6 is 0 Å². The number of Topliss-reactive ketones (excluding diaryl/α,β-unsaturated/α-hetero) is 1. The van der Waals surface area contributed by atoms with E-state index in [1.807, 2.05) is 0 Å². The van der Waals surface area contributed by atoms with Crippen molar-refractivity contribution in [2.45, 2.75) is 24.8 Å². The van der Waals surface area contributed by atoms with E-state index in [-0.39, 0.29) is 17.2 Å². The van der Waals surface area contributed by atoms with Gasteiger partial charge in [-0.25, -0.2) is 4.79 Å². The number of carbonyl (C=O) groups excluding carboxylic acids is 2. The first kappa shape index (κ1) is 17.7. The Morgan fingerprint density at radius 1 is 1.27 bits per heavy atom. The Kier molecular flexibility index (Phi) is 5.71. The van der Waals surface area contributed by atoms with Crippen LogP contribution in [0.5, 0.6) is 0 Å². The molecule has 0 spiro atoms. The molecule has 10 heteroatoms. The van der Waals surface area contributed by atoms with E-state index in [1.54, 1.807) is 0 Å². The zero-order valence-corrected chi connectivity index (χ0v) is 12.5. The van der Waals surface area contributed by atoms with Gasteiger partial charge in [-0.15, -0.1) is 0 Å². The number of ether oxygens (including phenoxy) is 1. The maximum Gasteiger partial charge on any atom is 0.377 e. The molecule has 0 radical (unpaired) electrons. The van der Waals surface area contributed by atoms with Gasteiger partial charge in [0.25, 0.3) is 21.6 Å². The van der Waals surface area contributed by atoms with E-state index in [4.69, 9.17) is 0 Å². The molecular weight excluding hydrogens is 318 g/mol. The highest BCUT2D eigenvalue weighted by molar-refractivity contribution is 7.86. The molecule has 0 aromatic heterocycles. The lowest BCUT2D eigenvalue weighted by atomic mass is 10.3. The standard InChI is InChI=1S/C12H13NO8S/c1-3-20-12(15)11(14)8(2)21-22(18,19)10-6-4-9(5-7-10)13(16)17/h4-8H,3H2,1-2H3. The van der Waals surface area contributed by atoms with E-state index in [0.717, 1.165) is 31.2 Å². The van der Waals surface area contributed by atoms with Gasteiger partial charge in [0.1, 0.15) is 6.10 Å². The fourth-order valence-electron chi connectivity index (χ4n) is 1.39. The third-order valence-electron chi connectivity index (χ3n) is 2.45. The molecule has 1 aromatic carbocycles. The van der Waals surface area contributed by atoms with Crippen LogP contribution in [0, 0.1) is 10.1 Å². The SMILES string of the molecule is CCOC(=O)C(=O)C(C)OS(=O)(=O)c1ccc([N+](=O)[O-])cc1. The van der Waals surface area contributed by atoms with Crippen molar-refractivity contribution in [1.82, 2.24) is 0 Å². The second kappa shape index (κ2) is 7.09. The number of ketones is 1. The molecular formula is C12H13NO8S. The molecule has 0 saturated heterocycles. The molecule has 120 valence electrons. The van der Waals surface area contributed by atoms with Gasteiger partial charge in [0.2, 0.25) is 0 Å². The van der Waals surface area contributed by atoms with Gasteiger partial charge < -0.3 is 4.74 Å². The van der Waals surface area contributed by atoms with Crippen LogP contribution in [0.4, 0.5) is 5.69 Å². The van der Waals surface area contributed by atoms with Gasteiger partial charge in [0.15, 0.2) is 0 Å². The van der Waals surface area contributed by atoms with Crippen LogP contribution in [-0.2, 0) is 28.6 Å². The number of rotatable bonds is 7. The topological polar surface area (TPSA) is 130 Å². The van der Waals surface area contributed by atoms with Gasteiger partial charge in [-0.2, -0.15) is 8.42 Å². The number of non-ortho nitro benzene ring substituents is 1. The van der Waals surface area contributed by atoms with Gasteiger partial charge in [0, 0.05) is 12.1 Å². The first-order valence-corrected chi connectivity index (χ1v) is 7.48. The highest BCUT2D eigenvalue weighted by atomic mass is 32.2. The number of nitrogens with zero attached hydrogens (tertiary/aromatic N) is 1. The summed E-state index contributed by atoms with van der Waals surface area (Å²) in [5.74, 6) is -2.35. The lowest BCUT2D eigenvalue weighted by Gasteiger charge is -2.11. The molecule has 9 nitrogen and oxygen atoms in total. The van der Waals surface area contributed by atoms with Crippen molar-refractivity contribution < 1.29 is 31.9 Å². The molecule has 1 rings (SSSR count). The largest absolute Gasteiger partial charge is 0.460 e. The highest BCUT2D eigenvalue weighted by Gasteiger charge is 2.29. The minimum atomic E-state index is -4.35. The monoisotopic (exact) mass is 331 g/mol. The zero-order valence-electron chi connectivity index (χ0n) is 11.7. The van der Waals surface area contributed by atoms with Gasteiger partial charge in [-0.05, 0) is 26.0 Å². The van der Waals surface area contributed by atoms with Gasteiger partial charge in [-0.3, -0.25) is 19.1 Å². The molecule has 0 amide bonds. The van der Waals surface area contributed by atoms with Crippen LogP contribution in [-0.4, -0.2) is 37.8 Å². The van der Waals surface area contributed by atoms with Crippen molar-refractivity contribution in [2.75, 3.05) is 6.61 Å². The van der Waals surface area contributed by atoms with Gasteiger partial charge in [0.05, 0.1) is 16.4 Å². The van der Waals surface area contributed by atoms with Crippen molar-refractivity contribution in [2.24, 2.45) is 0 Å². The van der Waals surface area contributed by atoms with Crippen LogP contribution in [0.25, 0.3) is 0 Å². The van der Waals surface area contributed by atoms with Crippen molar-refractivity contribution in [3.8, 4) is 0 Å². The summed E-state index contributed by atoms with van der Waals surface area (Å²) in [5.41, 5.74) is -0.297. The summed E-state index contributed by atoms with van der Waals surface area (Å²) in [6.45, 7) is 2.54. The molecule has 0 saturated carbocycles. The zero-order chi connectivity index (χ0) is 16.9. The van der Waals surface area contributed by atoms with E-state index >= 15 is 0 Å². The Morgan fingerprint density at radius 2 is 1.82 bits per heavy atom. The normalized spacial score (nSPS) is 12.5. The third kappa shape index (κ3) is 4.33. The molecule has 0 bridgehead atoms. The Bertz CT molecular complexity index is 680. The molecule has 0 heterocycles. The Balaban J connectivity index is 2.89. The summed E-state index contributed by atoms with van der Waals surface area (Å²) >= 11 is 0. The van der Waals surface area contributed by atoms with Crippen LogP contribution in [0.1, 0.15) is 13.8 Å². The molecule has 22 heavy (non-hydrogen) atoms. The van der Waals surface area contributed by atoms with Crippen LogP contribution < -0.4 is 0 Å². The van der Waals surface area contributed by atoms with Crippen molar-refractivity contribution in [1.29, 1.82) is 0 Å².